The third-order valence-corrected chi connectivity index (χ3v) is 3.04. The molecule has 1 aromatic heterocycles. The van der Waals surface area contributed by atoms with E-state index in [9.17, 15) is 14.9 Å². The van der Waals surface area contributed by atoms with Gasteiger partial charge in [0, 0.05) is 23.8 Å². The Hall–Kier alpha value is -3.11. The van der Waals surface area contributed by atoms with Gasteiger partial charge in [-0.25, -0.2) is 0 Å². The largest absolute Gasteiger partial charge is 0.457 e. The predicted octanol–water partition coefficient (Wildman–Crippen LogP) is 2.90. The van der Waals surface area contributed by atoms with Crippen LogP contribution in [0.5, 0.6) is 0 Å². The summed E-state index contributed by atoms with van der Waals surface area (Å²) >= 11 is 5.99. The number of benzene rings is 1. The molecule has 0 saturated heterocycles. The molecule has 22 heavy (non-hydrogen) atoms. The molecule has 0 atom stereocenters. The number of halogens is 1. The number of primary amides is 1. The van der Waals surface area contributed by atoms with Crippen molar-refractivity contribution in [3.05, 3.63) is 56.8 Å². The van der Waals surface area contributed by atoms with Crippen molar-refractivity contribution in [3.63, 3.8) is 0 Å². The number of rotatable bonds is 4. The molecule has 0 aliphatic heterocycles. The van der Waals surface area contributed by atoms with Gasteiger partial charge in [-0.3, -0.25) is 14.9 Å². The lowest BCUT2D eigenvalue weighted by atomic mass is 10.1. The maximum absolute atomic E-state index is 11.0. The number of nitro benzene ring substituents is 1. The van der Waals surface area contributed by atoms with Crippen molar-refractivity contribution >= 4 is 29.3 Å². The van der Waals surface area contributed by atoms with E-state index in [2.05, 4.69) is 0 Å². The lowest BCUT2D eigenvalue weighted by Gasteiger charge is -2.00. The van der Waals surface area contributed by atoms with Gasteiger partial charge in [0.05, 0.1) is 9.95 Å². The van der Waals surface area contributed by atoms with Gasteiger partial charge in [-0.15, -0.1) is 0 Å². The highest BCUT2D eigenvalue weighted by Gasteiger charge is 2.13. The average molecular weight is 318 g/mol. The van der Waals surface area contributed by atoms with E-state index < -0.39 is 10.8 Å². The minimum atomic E-state index is -0.867. The molecule has 0 radical (unpaired) electrons. The zero-order valence-corrected chi connectivity index (χ0v) is 11.7. The van der Waals surface area contributed by atoms with Gasteiger partial charge in [0.25, 0.3) is 11.6 Å². The van der Waals surface area contributed by atoms with E-state index in [4.69, 9.17) is 27.0 Å². The molecular weight excluding hydrogens is 310 g/mol. The lowest BCUT2D eigenvalue weighted by Crippen LogP contribution is -2.12. The van der Waals surface area contributed by atoms with Crippen molar-refractivity contribution in [1.82, 2.24) is 0 Å². The molecule has 0 saturated carbocycles. The molecule has 0 bridgehead atoms. The quantitative estimate of drug-likeness (QED) is 0.402. The minimum Gasteiger partial charge on any atom is -0.457 e. The molecule has 1 heterocycles. The Bertz CT molecular complexity index is 833. The van der Waals surface area contributed by atoms with Crippen LogP contribution in [0.1, 0.15) is 5.76 Å². The van der Waals surface area contributed by atoms with E-state index in [0.29, 0.717) is 11.3 Å². The average Bonchev–Trinajstić information content (AvgIpc) is 2.92. The Balaban J connectivity index is 2.39. The number of nitrogens with zero attached hydrogens (tertiary/aromatic N) is 2. The standard InChI is InChI=1S/C14H8ClN3O4/c15-12-6-9(18(20)21)1-3-11(12)13-4-2-10(22-13)5-8(7-16)14(17)19/h1-6H,(H2,17,19)/b8-5+. The summed E-state index contributed by atoms with van der Waals surface area (Å²) in [6, 6.07) is 8.69. The lowest BCUT2D eigenvalue weighted by molar-refractivity contribution is -0.384. The number of non-ortho nitro benzene ring substituents is 1. The summed E-state index contributed by atoms with van der Waals surface area (Å²) in [5.74, 6) is -0.290. The minimum absolute atomic E-state index is 0.138. The topological polar surface area (TPSA) is 123 Å². The summed E-state index contributed by atoms with van der Waals surface area (Å²) in [6.45, 7) is 0. The smallest absolute Gasteiger partial charge is 0.270 e. The van der Waals surface area contributed by atoms with Crippen molar-refractivity contribution in [2.24, 2.45) is 5.73 Å². The number of carbonyl (C=O) groups excluding carboxylic acids is 1. The SMILES string of the molecule is N#C/C(=C\c1ccc(-c2ccc([N+](=O)[O-])cc2Cl)o1)C(N)=O. The number of amides is 1. The van der Waals surface area contributed by atoms with Gasteiger partial charge in [0.2, 0.25) is 0 Å². The second-order valence-corrected chi connectivity index (χ2v) is 4.56. The summed E-state index contributed by atoms with van der Waals surface area (Å²) in [4.78, 5) is 21.1. The molecule has 1 aromatic carbocycles. The Kier molecular flexibility index (Phi) is 4.25. The number of furan rings is 1. The molecule has 0 aliphatic rings. The highest BCUT2D eigenvalue weighted by Crippen LogP contribution is 2.32. The highest BCUT2D eigenvalue weighted by molar-refractivity contribution is 6.33. The maximum atomic E-state index is 11.0. The Morgan fingerprint density at radius 1 is 1.41 bits per heavy atom. The van der Waals surface area contributed by atoms with Gasteiger partial charge in [0.1, 0.15) is 23.2 Å². The molecule has 0 unspecified atom stereocenters. The van der Waals surface area contributed by atoms with Crippen molar-refractivity contribution in [3.8, 4) is 17.4 Å². The van der Waals surface area contributed by atoms with E-state index in [1.807, 2.05) is 0 Å². The molecule has 0 aliphatic carbocycles. The number of nitro groups is 1. The van der Waals surface area contributed by atoms with Crippen LogP contribution in [-0.2, 0) is 4.79 Å². The van der Waals surface area contributed by atoms with Crippen LogP contribution in [-0.4, -0.2) is 10.8 Å². The molecule has 7 nitrogen and oxygen atoms in total. The molecular formula is C14H8ClN3O4. The molecule has 0 spiro atoms. The van der Waals surface area contributed by atoms with Gasteiger partial charge in [-0.05, 0) is 18.2 Å². The third-order valence-electron chi connectivity index (χ3n) is 2.73. The highest BCUT2D eigenvalue weighted by atomic mass is 35.5. The van der Waals surface area contributed by atoms with Crippen LogP contribution >= 0.6 is 11.6 Å². The summed E-state index contributed by atoms with van der Waals surface area (Å²) in [5.41, 5.74) is 5.08. The van der Waals surface area contributed by atoms with E-state index in [-0.39, 0.29) is 22.0 Å². The van der Waals surface area contributed by atoms with Gasteiger partial charge >= 0.3 is 0 Å². The monoisotopic (exact) mass is 317 g/mol. The fourth-order valence-electron chi connectivity index (χ4n) is 1.69. The van der Waals surface area contributed by atoms with Crippen molar-refractivity contribution in [1.29, 1.82) is 5.26 Å². The van der Waals surface area contributed by atoms with Gasteiger partial charge < -0.3 is 10.2 Å². The van der Waals surface area contributed by atoms with Crippen LogP contribution in [0.15, 0.2) is 40.3 Å². The van der Waals surface area contributed by atoms with Gasteiger partial charge in [0.15, 0.2) is 0 Å². The van der Waals surface area contributed by atoms with E-state index in [0.717, 1.165) is 0 Å². The second kappa shape index (κ2) is 6.11. The normalized spacial score (nSPS) is 11.0. The van der Waals surface area contributed by atoms with Crippen LogP contribution in [0.3, 0.4) is 0 Å². The molecule has 2 N–H and O–H groups in total. The van der Waals surface area contributed by atoms with E-state index in [1.54, 1.807) is 12.1 Å². The zero-order valence-electron chi connectivity index (χ0n) is 10.9. The summed E-state index contributed by atoms with van der Waals surface area (Å²) < 4.78 is 5.44. The third kappa shape index (κ3) is 3.13. The number of hydrogen-bond donors (Lipinski definition) is 1. The molecule has 8 heteroatoms. The van der Waals surface area contributed by atoms with Crippen molar-refractivity contribution < 1.29 is 14.1 Å². The van der Waals surface area contributed by atoms with Crippen LogP contribution in [0.2, 0.25) is 5.02 Å². The first kappa shape index (κ1) is 15.3. The van der Waals surface area contributed by atoms with Crippen molar-refractivity contribution in [2.45, 2.75) is 0 Å². The van der Waals surface area contributed by atoms with E-state index in [1.165, 1.54) is 30.3 Å². The van der Waals surface area contributed by atoms with Gasteiger partial charge in [-0.2, -0.15) is 5.26 Å². The van der Waals surface area contributed by atoms with Gasteiger partial charge in [-0.1, -0.05) is 11.6 Å². The maximum Gasteiger partial charge on any atom is 0.270 e. The van der Waals surface area contributed by atoms with Crippen LogP contribution < -0.4 is 5.73 Å². The Morgan fingerprint density at radius 3 is 2.68 bits per heavy atom. The van der Waals surface area contributed by atoms with E-state index >= 15 is 0 Å². The first-order valence-electron chi connectivity index (χ1n) is 5.88. The summed E-state index contributed by atoms with van der Waals surface area (Å²) in [7, 11) is 0. The number of nitriles is 1. The van der Waals surface area contributed by atoms with Crippen LogP contribution in [0, 0.1) is 21.4 Å². The molecule has 2 aromatic rings. The predicted molar refractivity (Wildman–Crippen MR) is 78.6 cm³/mol. The Labute approximate surface area is 129 Å². The van der Waals surface area contributed by atoms with Crippen molar-refractivity contribution in [2.75, 3.05) is 0 Å². The molecule has 110 valence electrons. The van der Waals surface area contributed by atoms with Crippen LogP contribution in [0.25, 0.3) is 17.4 Å². The first-order chi connectivity index (χ1) is 10.4. The van der Waals surface area contributed by atoms with Crippen LogP contribution in [0.4, 0.5) is 5.69 Å². The first-order valence-corrected chi connectivity index (χ1v) is 6.26. The number of carbonyl (C=O) groups is 1. The number of hydrogen-bond acceptors (Lipinski definition) is 5. The summed E-state index contributed by atoms with van der Waals surface area (Å²) in [5, 5.41) is 19.6. The fraction of sp³-hybridized carbons (Fsp3) is 0. The molecule has 2 rings (SSSR count). The molecule has 0 fully saturated rings. The Morgan fingerprint density at radius 2 is 2.14 bits per heavy atom. The molecule has 1 amide bonds. The fourth-order valence-corrected chi connectivity index (χ4v) is 1.96. The zero-order chi connectivity index (χ0) is 16.3. The summed E-state index contributed by atoms with van der Waals surface area (Å²) in [6.07, 6.45) is 1.20. The number of nitrogens with two attached hydrogens (primary N) is 1. The second-order valence-electron chi connectivity index (χ2n) is 4.16.